The van der Waals surface area contributed by atoms with Crippen molar-refractivity contribution >= 4 is 23.8 Å². The van der Waals surface area contributed by atoms with Crippen molar-refractivity contribution in [2.45, 2.75) is 13.3 Å². The van der Waals surface area contributed by atoms with Crippen LogP contribution >= 0.6 is 11.5 Å². The maximum absolute atomic E-state index is 11.4. The number of hydrogen-bond acceptors (Lipinski definition) is 4. The van der Waals surface area contributed by atoms with E-state index in [2.05, 4.69) is 15.0 Å². The summed E-state index contributed by atoms with van der Waals surface area (Å²) in [5, 5.41) is 5.24. The highest BCUT2D eigenvalue weighted by Crippen LogP contribution is 2.07. The summed E-state index contributed by atoms with van der Waals surface area (Å²) < 4.78 is 3.99. The monoisotopic (exact) mass is 227 g/mol. The summed E-state index contributed by atoms with van der Waals surface area (Å²) in [4.78, 5) is 22.4. The number of nitrogens with one attached hydrogen (secondary N) is 2. The highest BCUT2D eigenvalue weighted by molar-refractivity contribution is 7.05. The quantitative estimate of drug-likeness (QED) is 0.543. The van der Waals surface area contributed by atoms with Gasteiger partial charge in [0, 0.05) is 18.0 Å². The molecule has 2 N–H and O–H groups in total. The minimum absolute atomic E-state index is 0.162. The van der Waals surface area contributed by atoms with Crippen molar-refractivity contribution in [2.24, 2.45) is 0 Å². The molecule has 2 amide bonds. The fraction of sp³-hybridized carbons (Fsp3) is 0.444. The molecule has 82 valence electrons. The Hall–Kier alpha value is -1.43. The van der Waals surface area contributed by atoms with Gasteiger partial charge < -0.3 is 10.6 Å². The topological polar surface area (TPSA) is 71.1 Å². The Morgan fingerprint density at radius 1 is 1.60 bits per heavy atom. The third-order valence-corrected chi connectivity index (χ3v) is 2.42. The van der Waals surface area contributed by atoms with E-state index < -0.39 is 0 Å². The van der Waals surface area contributed by atoms with E-state index in [1.165, 1.54) is 11.5 Å². The van der Waals surface area contributed by atoms with E-state index in [1.54, 1.807) is 6.07 Å². The second kappa shape index (κ2) is 6.13. The smallest absolute Gasteiger partial charge is 0.270 e. The number of nitrogens with zero attached hydrogens (tertiary/aromatic N) is 1. The molecular weight excluding hydrogens is 214 g/mol. The molecule has 0 fully saturated rings. The van der Waals surface area contributed by atoms with Crippen LogP contribution in [0, 0.1) is 6.92 Å². The maximum Gasteiger partial charge on any atom is 0.270 e. The lowest BCUT2D eigenvalue weighted by atomic mass is 10.3. The molecule has 1 aromatic rings. The molecule has 1 aromatic heterocycles. The Labute approximate surface area is 92.0 Å². The molecule has 6 heteroatoms. The molecule has 0 unspecified atom stereocenters. The average Bonchev–Trinajstić information content (AvgIpc) is 2.64. The first-order chi connectivity index (χ1) is 7.24. The molecule has 0 bridgehead atoms. The van der Waals surface area contributed by atoms with Gasteiger partial charge in [0.05, 0.1) is 0 Å². The van der Waals surface area contributed by atoms with Crippen LogP contribution in [-0.4, -0.2) is 29.8 Å². The number of rotatable bonds is 6. The average molecular weight is 227 g/mol. The van der Waals surface area contributed by atoms with Gasteiger partial charge >= 0.3 is 0 Å². The molecular formula is C9H13N3O2S. The zero-order chi connectivity index (χ0) is 11.1. The molecule has 0 atom stereocenters. The molecule has 15 heavy (non-hydrogen) atoms. The van der Waals surface area contributed by atoms with Crippen molar-refractivity contribution in [2.75, 3.05) is 13.1 Å². The van der Waals surface area contributed by atoms with Crippen molar-refractivity contribution in [3.8, 4) is 0 Å². The van der Waals surface area contributed by atoms with Gasteiger partial charge in [-0.3, -0.25) is 9.59 Å². The van der Waals surface area contributed by atoms with Crippen molar-refractivity contribution < 1.29 is 9.59 Å². The fourth-order valence-electron chi connectivity index (χ4n) is 1.02. The summed E-state index contributed by atoms with van der Waals surface area (Å²) in [5.74, 6) is -0.162. The van der Waals surface area contributed by atoms with Crippen LogP contribution in [0.4, 0.5) is 0 Å². The summed E-state index contributed by atoms with van der Waals surface area (Å²) in [6, 6.07) is 1.75. The SMILES string of the molecule is Cc1cc(C(=O)NCCCNC=O)ns1. The first-order valence-corrected chi connectivity index (χ1v) is 5.40. The molecule has 0 saturated carbocycles. The zero-order valence-corrected chi connectivity index (χ0v) is 9.26. The minimum Gasteiger partial charge on any atom is -0.359 e. The van der Waals surface area contributed by atoms with Crippen LogP contribution in [0.15, 0.2) is 6.07 Å². The highest BCUT2D eigenvalue weighted by atomic mass is 32.1. The van der Waals surface area contributed by atoms with Gasteiger partial charge in [0.1, 0.15) is 5.69 Å². The Balaban J connectivity index is 2.22. The minimum atomic E-state index is -0.162. The lowest BCUT2D eigenvalue weighted by Crippen LogP contribution is -2.27. The number of hydrogen-bond donors (Lipinski definition) is 2. The van der Waals surface area contributed by atoms with Crippen molar-refractivity contribution in [3.05, 3.63) is 16.6 Å². The second-order valence-corrected chi connectivity index (χ2v) is 4.01. The van der Waals surface area contributed by atoms with Crippen LogP contribution in [0.5, 0.6) is 0 Å². The zero-order valence-electron chi connectivity index (χ0n) is 8.45. The molecule has 1 rings (SSSR count). The Kier molecular flexibility index (Phi) is 4.76. The maximum atomic E-state index is 11.4. The van der Waals surface area contributed by atoms with Crippen LogP contribution in [0.25, 0.3) is 0 Å². The lowest BCUT2D eigenvalue weighted by Gasteiger charge is -2.01. The third kappa shape index (κ3) is 4.07. The molecule has 0 saturated heterocycles. The van der Waals surface area contributed by atoms with Gasteiger partial charge in [-0.2, -0.15) is 4.37 Å². The third-order valence-electron chi connectivity index (χ3n) is 1.73. The van der Waals surface area contributed by atoms with Gasteiger partial charge in [-0.15, -0.1) is 0 Å². The van der Waals surface area contributed by atoms with Crippen LogP contribution in [-0.2, 0) is 4.79 Å². The number of aryl methyl sites for hydroxylation is 1. The molecule has 0 aliphatic heterocycles. The van der Waals surface area contributed by atoms with E-state index in [4.69, 9.17) is 0 Å². The predicted molar refractivity (Wildman–Crippen MR) is 57.9 cm³/mol. The van der Waals surface area contributed by atoms with E-state index in [-0.39, 0.29) is 5.91 Å². The largest absolute Gasteiger partial charge is 0.359 e. The Morgan fingerprint density at radius 2 is 2.40 bits per heavy atom. The summed E-state index contributed by atoms with van der Waals surface area (Å²) in [7, 11) is 0. The van der Waals surface area contributed by atoms with Crippen LogP contribution in [0.3, 0.4) is 0 Å². The first kappa shape index (κ1) is 11.6. The summed E-state index contributed by atoms with van der Waals surface area (Å²) >= 11 is 1.31. The standard InChI is InChI=1S/C9H13N3O2S/c1-7-5-8(12-15-7)9(14)11-4-2-3-10-6-13/h5-6H,2-4H2,1H3,(H,10,13)(H,11,14). The van der Waals surface area contributed by atoms with Gasteiger partial charge in [-0.1, -0.05) is 0 Å². The molecule has 0 aliphatic carbocycles. The number of carbonyl (C=O) groups excluding carboxylic acids is 2. The van der Waals surface area contributed by atoms with E-state index >= 15 is 0 Å². The number of carbonyl (C=O) groups is 2. The lowest BCUT2D eigenvalue weighted by molar-refractivity contribution is -0.109. The predicted octanol–water partition coefficient (Wildman–Crippen LogP) is 0.317. The van der Waals surface area contributed by atoms with Crippen molar-refractivity contribution in [1.82, 2.24) is 15.0 Å². The number of aromatic nitrogens is 1. The van der Waals surface area contributed by atoms with Crippen LogP contribution < -0.4 is 10.6 Å². The molecule has 1 heterocycles. The van der Waals surface area contributed by atoms with Crippen molar-refractivity contribution in [3.63, 3.8) is 0 Å². The summed E-state index contributed by atoms with van der Waals surface area (Å²) in [5.41, 5.74) is 0.459. The van der Waals surface area contributed by atoms with E-state index in [0.29, 0.717) is 31.6 Å². The molecule has 0 aliphatic rings. The summed E-state index contributed by atoms with van der Waals surface area (Å²) in [6.07, 6.45) is 1.36. The molecule has 5 nitrogen and oxygen atoms in total. The normalized spacial score (nSPS) is 9.67. The second-order valence-electron chi connectivity index (χ2n) is 3.00. The van der Waals surface area contributed by atoms with E-state index in [1.807, 2.05) is 6.92 Å². The fourth-order valence-corrected chi connectivity index (χ4v) is 1.56. The molecule has 0 spiro atoms. The first-order valence-electron chi connectivity index (χ1n) is 4.62. The Morgan fingerprint density at radius 3 is 3.00 bits per heavy atom. The van der Waals surface area contributed by atoms with Crippen LogP contribution in [0.1, 0.15) is 21.8 Å². The van der Waals surface area contributed by atoms with Gasteiger partial charge in [-0.05, 0) is 30.9 Å². The number of amides is 2. The molecule has 0 radical (unpaired) electrons. The van der Waals surface area contributed by atoms with Gasteiger partial charge in [0.15, 0.2) is 0 Å². The highest BCUT2D eigenvalue weighted by Gasteiger charge is 2.07. The van der Waals surface area contributed by atoms with Crippen molar-refractivity contribution in [1.29, 1.82) is 0 Å². The van der Waals surface area contributed by atoms with E-state index in [0.717, 1.165) is 4.88 Å². The van der Waals surface area contributed by atoms with Gasteiger partial charge in [0.2, 0.25) is 6.41 Å². The van der Waals surface area contributed by atoms with E-state index in [9.17, 15) is 9.59 Å². The van der Waals surface area contributed by atoms with Gasteiger partial charge in [-0.25, -0.2) is 0 Å². The summed E-state index contributed by atoms with van der Waals surface area (Å²) in [6.45, 7) is 3.01. The molecule has 0 aromatic carbocycles. The van der Waals surface area contributed by atoms with Crippen LogP contribution in [0.2, 0.25) is 0 Å². The Bertz CT molecular complexity index is 338. The van der Waals surface area contributed by atoms with Gasteiger partial charge in [0.25, 0.3) is 5.91 Å².